The van der Waals surface area contributed by atoms with E-state index in [-0.39, 0.29) is 19.1 Å². The minimum atomic E-state index is -0.895. The van der Waals surface area contributed by atoms with Crippen molar-refractivity contribution in [1.29, 1.82) is 0 Å². The highest BCUT2D eigenvalue weighted by Gasteiger charge is 2.14. The molecule has 2 rings (SSSR count). The fraction of sp³-hybridized carbons (Fsp3) is 0.462. The van der Waals surface area contributed by atoms with Gasteiger partial charge in [0.2, 0.25) is 0 Å². The highest BCUT2D eigenvalue weighted by Crippen LogP contribution is 2.22. The maximum absolute atomic E-state index is 11.8. The summed E-state index contributed by atoms with van der Waals surface area (Å²) in [4.78, 5) is 11.8. The number of carbonyl (C=O) groups excluding carboxylic acids is 1. The Morgan fingerprint density at radius 3 is 2.88 bits per heavy atom. The molecule has 0 spiro atoms. The van der Waals surface area contributed by atoms with Gasteiger partial charge in [0.25, 0.3) is 5.91 Å². The predicted molar refractivity (Wildman–Crippen MR) is 63.9 cm³/mol. The number of hydrogen-bond donors (Lipinski definition) is 3. The van der Waals surface area contributed by atoms with Gasteiger partial charge in [-0.15, -0.1) is 0 Å². The molecule has 1 unspecified atom stereocenters. The van der Waals surface area contributed by atoms with E-state index in [1.807, 2.05) is 18.2 Å². The van der Waals surface area contributed by atoms with E-state index in [0.717, 1.165) is 19.3 Å². The molecule has 0 radical (unpaired) electrons. The molecule has 0 bridgehead atoms. The molecule has 0 saturated heterocycles. The maximum Gasteiger partial charge on any atom is 0.251 e. The molecular weight excluding hydrogens is 218 g/mol. The molecule has 1 aliphatic rings. The number of fused-ring (bicyclic) bond motifs is 1. The van der Waals surface area contributed by atoms with Crippen LogP contribution in [0.25, 0.3) is 0 Å². The van der Waals surface area contributed by atoms with Crippen molar-refractivity contribution in [1.82, 2.24) is 5.32 Å². The van der Waals surface area contributed by atoms with E-state index in [2.05, 4.69) is 5.32 Å². The highest BCUT2D eigenvalue weighted by molar-refractivity contribution is 5.94. The lowest BCUT2D eigenvalue weighted by Crippen LogP contribution is -2.33. The van der Waals surface area contributed by atoms with Gasteiger partial charge in [0.15, 0.2) is 0 Å². The van der Waals surface area contributed by atoms with Crippen molar-refractivity contribution in [3.05, 3.63) is 34.9 Å². The second-order valence-corrected chi connectivity index (χ2v) is 4.38. The molecule has 0 saturated carbocycles. The van der Waals surface area contributed by atoms with Crippen LogP contribution in [0.2, 0.25) is 0 Å². The standard InChI is InChI=1S/C13H17NO3/c15-8-12(16)7-14-13(17)11-5-4-9-2-1-3-10(9)6-11/h4-6,12,15-16H,1-3,7-8H2,(H,14,17). The number of carbonyl (C=O) groups is 1. The van der Waals surface area contributed by atoms with Gasteiger partial charge >= 0.3 is 0 Å². The smallest absolute Gasteiger partial charge is 0.251 e. The third-order valence-corrected chi connectivity index (χ3v) is 3.07. The maximum atomic E-state index is 11.8. The van der Waals surface area contributed by atoms with Crippen LogP contribution in [0, 0.1) is 0 Å². The number of aliphatic hydroxyl groups is 2. The van der Waals surface area contributed by atoms with Crippen LogP contribution in [0.4, 0.5) is 0 Å². The first-order valence-corrected chi connectivity index (χ1v) is 5.89. The summed E-state index contributed by atoms with van der Waals surface area (Å²) in [6.45, 7) is -0.267. The zero-order chi connectivity index (χ0) is 12.3. The second-order valence-electron chi connectivity index (χ2n) is 4.38. The molecule has 1 aliphatic carbocycles. The molecule has 0 heterocycles. The van der Waals surface area contributed by atoms with Crippen molar-refractivity contribution in [2.24, 2.45) is 0 Å². The van der Waals surface area contributed by atoms with Crippen molar-refractivity contribution in [3.8, 4) is 0 Å². The zero-order valence-corrected chi connectivity index (χ0v) is 9.65. The van der Waals surface area contributed by atoms with E-state index in [4.69, 9.17) is 10.2 Å². The fourth-order valence-corrected chi connectivity index (χ4v) is 2.09. The summed E-state index contributed by atoms with van der Waals surface area (Å²) in [7, 11) is 0. The quantitative estimate of drug-likeness (QED) is 0.701. The second kappa shape index (κ2) is 5.29. The van der Waals surface area contributed by atoms with Gasteiger partial charge in [0.1, 0.15) is 0 Å². The molecule has 1 atom stereocenters. The van der Waals surface area contributed by atoms with Gasteiger partial charge in [-0.3, -0.25) is 4.79 Å². The van der Waals surface area contributed by atoms with Crippen LogP contribution in [0.15, 0.2) is 18.2 Å². The molecule has 4 nitrogen and oxygen atoms in total. The lowest BCUT2D eigenvalue weighted by molar-refractivity contribution is 0.0802. The number of rotatable bonds is 4. The van der Waals surface area contributed by atoms with E-state index in [9.17, 15) is 4.79 Å². The molecule has 1 amide bonds. The summed E-state index contributed by atoms with van der Waals surface area (Å²) in [5, 5.41) is 20.4. The SMILES string of the molecule is O=C(NCC(O)CO)c1ccc2c(c1)CCC2. The Bertz CT molecular complexity index is 417. The summed E-state index contributed by atoms with van der Waals surface area (Å²) < 4.78 is 0. The topological polar surface area (TPSA) is 69.6 Å². The van der Waals surface area contributed by atoms with Crippen molar-refractivity contribution in [2.75, 3.05) is 13.2 Å². The van der Waals surface area contributed by atoms with E-state index in [1.54, 1.807) is 0 Å². The molecule has 4 heteroatoms. The summed E-state index contributed by atoms with van der Waals surface area (Å²) in [6.07, 6.45) is 2.40. The van der Waals surface area contributed by atoms with Crippen LogP contribution >= 0.6 is 0 Å². The zero-order valence-electron chi connectivity index (χ0n) is 9.65. The largest absolute Gasteiger partial charge is 0.394 e. The van der Waals surface area contributed by atoms with Crippen molar-refractivity contribution in [2.45, 2.75) is 25.4 Å². The summed E-state index contributed by atoms with van der Waals surface area (Å²) in [6, 6.07) is 5.73. The summed E-state index contributed by atoms with van der Waals surface area (Å²) in [5.41, 5.74) is 3.20. The first-order chi connectivity index (χ1) is 8.20. The van der Waals surface area contributed by atoms with Gasteiger partial charge in [-0.2, -0.15) is 0 Å². The Labute approximate surface area is 100 Å². The molecule has 1 aromatic rings. The van der Waals surface area contributed by atoms with Gasteiger partial charge in [-0.1, -0.05) is 6.07 Å². The number of benzene rings is 1. The van der Waals surface area contributed by atoms with Gasteiger partial charge in [-0.25, -0.2) is 0 Å². The monoisotopic (exact) mass is 235 g/mol. The van der Waals surface area contributed by atoms with Crippen LogP contribution in [0.5, 0.6) is 0 Å². The molecule has 92 valence electrons. The minimum absolute atomic E-state index is 0.0758. The number of aliphatic hydroxyl groups excluding tert-OH is 2. The Morgan fingerprint density at radius 2 is 2.12 bits per heavy atom. The predicted octanol–water partition coefficient (Wildman–Crippen LogP) is 0.258. The summed E-state index contributed by atoms with van der Waals surface area (Å²) in [5.74, 6) is -0.202. The average molecular weight is 235 g/mol. The van der Waals surface area contributed by atoms with Crippen LogP contribution in [0.1, 0.15) is 27.9 Å². The Kier molecular flexibility index (Phi) is 3.76. The molecule has 0 aliphatic heterocycles. The molecule has 17 heavy (non-hydrogen) atoms. The van der Waals surface area contributed by atoms with Gasteiger partial charge in [-0.05, 0) is 42.5 Å². The molecule has 3 N–H and O–H groups in total. The molecular formula is C13H17NO3. The van der Waals surface area contributed by atoms with Crippen molar-refractivity contribution < 1.29 is 15.0 Å². The molecule has 0 fully saturated rings. The fourth-order valence-electron chi connectivity index (χ4n) is 2.09. The van der Waals surface area contributed by atoms with Crippen LogP contribution in [-0.4, -0.2) is 35.4 Å². The van der Waals surface area contributed by atoms with Crippen molar-refractivity contribution in [3.63, 3.8) is 0 Å². The van der Waals surface area contributed by atoms with Gasteiger partial charge in [0.05, 0.1) is 12.7 Å². The lowest BCUT2D eigenvalue weighted by Gasteiger charge is -2.09. The number of nitrogens with one attached hydrogen (secondary N) is 1. The third-order valence-electron chi connectivity index (χ3n) is 3.07. The number of aryl methyl sites for hydroxylation is 2. The highest BCUT2D eigenvalue weighted by atomic mass is 16.3. The van der Waals surface area contributed by atoms with E-state index in [0.29, 0.717) is 5.56 Å². The minimum Gasteiger partial charge on any atom is -0.394 e. The van der Waals surface area contributed by atoms with Crippen LogP contribution < -0.4 is 5.32 Å². The number of amides is 1. The summed E-state index contributed by atoms with van der Waals surface area (Å²) >= 11 is 0. The van der Waals surface area contributed by atoms with Crippen LogP contribution in [-0.2, 0) is 12.8 Å². The van der Waals surface area contributed by atoms with E-state index < -0.39 is 6.10 Å². The lowest BCUT2D eigenvalue weighted by atomic mass is 10.1. The third kappa shape index (κ3) is 2.84. The normalized spacial score (nSPS) is 15.4. The Morgan fingerprint density at radius 1 is 1.35 bits per heavy atom. The number of hydrogen-bond acceptors (Lipinski definition) is 3. The average Bonchev–Trinajstić information content (AvgIpc) is 2.82. The Hall–Kier alpha value is -1.39. The Balaban J connectivity index is 2.00. The first-order valence-electron chi connectivity index (χ1n) is 5.89. The van der Waals surface area contributed by atoms with E-state index in [1.165, 1.54) is 11.1 Å². The van der Waals surface area contributed by atoms with E-state index >= 15 is 0 Å². The van der Waals surface area contributed by atoms with Crippen LogP contribution in [0.3, 0.4) is 0 Å². The van der Waals surface area contributed by atoms with Gasteiger partial charge < -0.3 is 15.5 Å². The van der Waals surface area contributed by atoms with Gasteiger partial charge in [0, 0.05) is 12.1 Å². The molecule has 1 aromatic carbocycles. The van der Waals surface area contributed by atoms with Crippen molar-refractivity contribution >= 4 is 5.91 Å². The first kappa shape index (κ1) is 12.1. The molecule has 0 aromatic heterocycles.